The van der Waals surface area contributed by atoms with Crippen molar-refractivity contribution in [3.63, 3.8) is 0 Å². The van der Waals surface area contributed by atoms with E-state index >= 15 is 0 Å². The first kappa shape index (κ1) is 11.4. The normalized spacial score (nSPS) is 12.7. The Hall–Kier alpha value is -1.71. The molecule has 2 heterocycles. The van der Waals surface area contributed by atoms with Gasteiger partial charge in [-0.15, -0.1) is 11.3 Å². The minimum Gasteiger partial charge on any atom is -0.324 e. The van der Waals surface area contributed by atoms with Crippen molar-refractivity contribution in [1.82, 2.24) is 4.98 Å². The van der Waals surface area contributed by atoms with Gasteiger partial charge in [0.15, 0.2) is 0 Å². The number of hydrogen-bond acceptors (Lipinski definition) is 3. The van der Waals surface area contributed by atoms with Gasteiger partial charge in [-0.05, 0) is 23.1 Å². The highest BCUT2D eigenvalue weighted by Gasteiger charge is 2.11. The Labute approximate surface area is 110 Å². The molecule has 0 saturated carbocycles. The van der Waals surface area contributed by atoms with Crippen molar-refractivity contribution < 1.29 is 0 Å². The summed E-state index contributed by atoms with van der Waals surface area (Å²) in [5.74, 6) is 0. The van der Waals surface area contributed by atoms with Gasteiger partial charge in [-0.1, -0.05) is 30.3 Å². The topological polar surface area (TPSA) is 38.9 Å². The summed E-state index contributed by atoms with van der Waals surface area (Å²) in [6.45, 7) is 0. The Morgan fingerprint density at radius 1 is 1.11 bits per heavy atom. The minimum atomic E-state index is 0.00208. The van der Waals surface area contributed by atoms with Crippen LogP contribution in [0.3, 0.4) is 0 Å². The molecule has 3 aromatic rings. The number of hydrogen-bond donors (Lipinski definition) is 1. The lowest BCUT2D eigenvalue weighted by Gasteiger charge is -2.13. The summed E-state index contributed by atoms with van der Waals surface area (Å²) in [6.07, 6.45) is 2.69. The van der Waals surface area contributed by atoms with Crippen LogP contribution < -0.4 is 5.73 Å². The first-order valence-electron chi connectivity index (χ1n) is 5.96. The number of thiophene rings is 1. The average molecular weight is 254 g/mol. The maximum Gasteiger partial charge on any atom is 0.0749 e. The van der Waals surface area contributed by atoms with E-state index in [1.807, 2.05) is 18.3 Å². The predicted molar refractivity (Wildman–Crippen MR) is 76.7 cm³/mol. The molecule has 0 fully saturated rings. The summed E-state index contributed by atoms with van der Waals surface area (Å²) in [6, 6.07) is 14.4. The first-order valence-corrected chi connectivity index (χ1v) is 6.84. The maximum absolute atomic E-state index is 6.32. The minimum absolute atomic E-state index is 0.00208. The Morgan fingerprint density at radius 3 is 2.83 bits per heavy atom. The van der Waals surface area contributed by atoms with Gasteiger partial charge in [-0.3, -0.25) is 4.98 Å². The van der Waals surface area contributed by atoms with Crippen LogP contribution in [-0.4, -0.2) is 4.98 Å². The van der Waals surface area contributed by atoms with Gasteiger partial charge in [0, 0.05) is 28.9 Å². The van der Waals surface area contributed by atoms with Crippen molar-refractivity contribution in [3.05, 3.63) is 64.5 Å². The summed E-state index contributed by atoms with van der Waals surface area (Å²) in [5, 5.41) is 3.24. The van der Waals surface area contributed by atoms with Crippen molar-refractivity contribution in [1.29, 1.82) is 0 Å². The van der Waals surface area contributed by atoms with Crippen LogP contribution in [0.4, 0.5) is 0 Å². The molecule has 3 rings (SSSR count). The predicted octanol–water partition coefficient (Wildman–Crippen LogP) is 3.54. The fourth-order valence-electron chi connectivity index (χ4n) is 2.18. The summed E-state index contributed by atoms with van der Waals surface area (Å²) in [7, 11) is 0. The smallest absolute Gasteiger partial charge is 0.0749 e. The number of aromatic nitrogens is 1. The zero-order chi connectivity index (χ0) is 12.4. The second-order valence-electron chi connectivity index (χ2n) is 4.31. The summed E-state index contributed by atoms with van der Waals surface area (Å²) < 4.78 is 0. The zero-order valence-electron chi connectivity index (χ0n) is 9.91. The summed E-state index contributed by atoms with van der Waals surface area (Å²) in [4.78, 5) is 5.77. The number of pyridine rings is 1. The number of para-hydroxylation sites is 1. The molecule has 18 heavy (non-hydrogen) atoms. The van der Waals surface area contributed by atoms with Gasteiger partial charge in [-0.2, -0.15) is 0 Å². The monoisotopic (exact) mass is 254 g/mol. The van der Waals surface area contributed by atoms with Gasteiger partial charge in [0.05, 0.1) is 5.52 Å². The SMILES string of the molecule is NC(Cc1cccs1)c1cccc2cccnc12. The van der Waals surface area contributed by atoms with Gasteiger partial charge in [0.25, 0.3) is 0 Å². The van der Waals surface area contributed by atoms with Crippen molar-refractivity contribution in [2.45, 2.75) is 12.5 Å². The van der Waals surface area contributed by atoms with E-state index in [0.717, 1.165) is 22.9 Å². The molecule has 2 nitrogen and oxygen atoms in total. The van der Waals surface area contributed by atoms with E-state index in [1.165, 1.54) is 4.88 Å². The van der Waals surface area contributed by atoms with Crippen LogP contribution in [0.5, 0.6) is 0 Å². The second-order valence-corrected chi connectivity index (χ2v) is 5.34. The van der Waals surface area contributed by atoms with Crippen LogP contribution in [0.1, 0.15) is 16.5 Å². The molecule has 0 aliphatic carbocycles. The third kappa shape index (κ3) is 2.15. The molecule has 1 atom stereocenters. The highest BCUT2D eigenvalue weighted by Crippen LogP contribution is 2.24. The van der Waals surface area contributed by atoms with Crippen LogP contribution in [0.25, 0.3) is 10.9 Å². The standard InChI is InChI=1S/C15H14N2S/c16-14(10-12-6-3-9-18-12)13-7-1-4-11-5-2-8-17-15(11)13/h1-9,14H,10,16H2. The number of rotatable bonds is 3. The van der Waals surface area contributed by atoms with Gasteiger partial charge in [0.1, 0.15) is 0 Å². The molecule has 0 radical (unpaired) electrons. The van der Waals surface area contributed by atoms with Crippen LogP contribution >= 0.6 is 11.3 Å². The number of nitrogens with zero attached hydrogens (tertiary/aromatic N) is 1. The van der Waals surface area contributed by atoms with Crippen molar-refractivity contribution in [2.75, 3.05) is 0 Å². The lowest BCUT2D eigenvalue weighted by Crippen LogP contribution is -2.13. The third-order valence-corrected chi connectivity index (χ3v) is 3.96. The van der Waals surface area contributed by atoms with Gasteiger partial charge in [-0.25, -0.2) is 0 Å². The second kappa shape index (κ2) is 4.88. The molecule has 90 valence electrons. The fourth-order valence-corrected chi connectivity index (χ4v) is 2.95. The first-order chi connectivity index (χ1) is 8.84. The molecular weight excluding hydrogens is 240 g/mol. The molecule has 0 aliphatic heterocycles. The van der Waals surface area contributed by atoms with E-state index < -0.39 is 0 Å². The fraction of sp³-hybridized carbons (Fsp3) is 0.133. The number of fused-ring (bicyclic) bond motifs is 1. The molecule has 2 aromatic heterocycles. The molecule has 0 amide bonds. The Bertz CT molecular complexity index is 641. The molecule has 0 saturated heterocycles. The van der Waals surface area contributed by atoms with E-state index in [1.54, 1.807) is 11.3 Å². The average Bonchev–Trinajstić information content (AvgIpc) is 2.91. The van der Waals surface area contributed by atoms with E-state index in [4.69, 9.17) is 5.73 Å². The van der Waals surface area contributed by atoms with Crippen LogP contribution in [0.15, 0.2) is 54.0 Å². The highest BCUT2D eigenvalue weighted by molar-refractivity contribution is 7.09. The summed E-state index contributed by atoms with van der Waals surface area (Å²) >= 11 is 1.75. The van der Waals surface area contributed by atoms with E-state index in [0.29, 0.717) is 0 Å². The quantitative estimate of drug-likeness (QED) is 0.776. The third-order valence-electron chi connectivity index (χ3n) is 3.06. The van der Waals surface area contributed by atoms with Crippen molar-refractivity contribution >= 4 is 22.2 Å². The molecule has 0 spiro atoms. The van der Waals surface area contributed by atoms with Crippen LogP contribution in [0.2, 0.25) is 0 Å². The Balaban J connectivity index is 1.98. The van der Waals surface area contributed by atoms with Crippen molar-refractivity contribution in [2.24, 2.45) is 5.73 Å². The molecule has 1 aromatic carbocycles. The molecule has 3 heteroatoms. The zero-order valence-corrected chi connectivity index (χ0v) is 10.7. The lowest BCUT2D eigenvalue weighted by molar-refractivity contribution is 0.735. The molecule has 2 N–H and O–H groups in total. The van der Waals surface area contributed by atoms with Gasteiger partial charge in [0.2, 0.25) is 0 Å². The van der Waals surface area contributed by atoms with Crippen LogP contribution in [0, 0.1) is 0 Å². The van der Waals surface area contributed by atoms with Crippen LogP contribution in [-0.2, 0) is 6.42 Å². The molecule has 0 bridgehead atoms. The van der Waals surface area contributed by atoms with Crippen molar-refractivity contribution in [3.8, 4) is 0 Å². The Morgan fingerprint density at radius 2 is 2.00 bits per heavy atom. The number of benzene rings is 1. The largest absolute Gasteiger partial charge is 0.324 e. The lowest BCUT2D eigenvalue weighted by atomic mass is 10.0. The Kier molecular flexibility index (Phi) is 3.09. The molecule has 1 unspecified atom stereocenters. The van der Waals surface area contributed by atoms with Gasteiger partial charge >= 0.3 is 0 Å². The van der Waals surface area contributed by atoms with Gasteiger partial charge < -0.3 is 5.73 Å². The van der Waals surface area contributed by atoms with E-state index in [-0.39, 0.29) is 6.04 Å². The molecule has 0 aliphatic rings. The summed E-state index contributed by atoms with van der Waals surface area (Å²) in [5.41, 5.74) is 8.46. The highest BCUT2D eigenvalue weighted by atomic mass is 32.1. The van der Waals surface area contributed by atoms with E-state index in [2.05, 4.69) is 40.7 Å². The van der Waals surface area contributed by atoms with E-state index in [9.17, 15) is 0 Å². The molecular formula is C15H14N2S. The maximum atomic E-state index is 6.32. The number of nitrogens with two attached hydrogens (primary N) is 1.